The second kappa shape index (κ2) is 4.64. The number of rotatable bonds is 2. The van der Waals surface area contributed by atoms with Gasteiger partial charge in [0.15, 0.2) is 5.69 Å². The molecule has 2 heterocycles. The van der Waals surface area contributed by atoms with Crippen molar-refractivity contribution >= 4 is 39.3 Å². The molecule has 1 atom stereocenters. The second-order valence-corrected chi connectivity index (χ2v) is 5.66. The Bertz CT molecular complexity index is 752. The number of amides is 1. The summed E-state index contributed by atoms with van der Waals surface area (Å²) >= 11 is 1.17. The topological polar surface area (TPSA) is 114 Å². The minimum atomic E-state index is -0.177. The molecule has 0 saturated heterocycles. The lowest BCUT2D eigenvalue weighted by molar-refractivity contribution is 0.261. The van der Waals surface area contributed by atoms with Crippen molar-refractivity contribution in [3.05, 3.63) is 23.8 Å². The molecule has 1 aliphatic rings. The number of fused-ring (bicyclic) bond motifs is 1. The minimum Gasteiger partial charge on any atom is -0.493 e. The average Bonchev–Trinajstić information content (AvgIpc) is 2.73. The molecule has 0 spiro atoms. The molecular formula is C12H11N5O2S. The molecule has 102 valence electrons. The maximum atomic E-state index is 11.2. The Morgan fingerprint density at radius 3 is 3.00 bits per heavy atom. The summed E-state index contributed by atoms with van der Waals surface area (Å²) in [5.41, 5.74) is 12.0. The number of aromatic hydroxyl groups is 1. The summed E-state index contributed by atoms with van der Waals surface area (Å²) in [6.45, 7) is 1.90. The molecule has 0 radical (unpaired) electrons. The van der Waals surface area contributed by atoms with Crippen molar-refractivity contribution in [1.82, 2.24) is 10.4 Å². The van der Waals surface area contributed by atoms with E-state index in [9.17, 15) is 9.90 Å². The highest BCUT2D eigenvalue weighted by Gasteiger charge is 2.23. The molecule has 8 heteroatoms. The summed E-state index contributed by atoms with van der Waals surface area (Å²) in [5.74, 6) is -0.131. The summed E-state index contributed by atoms with van der Waals surface area (Å²) in [5, 5.41) is 17.5. The highest BCUT2D eigenvalue weighted by atomic mass is 32.2. The van der Waals surface area contributed by atoms with E-state index in [1.165, 1.54) is 11.8 Å². The molecule has 1 amide bonds. The Labute approximate surface area is 118 Å². The molecule has 0 saturated carbocycles. The molecule has 7 nitrogen and oxygen atoms in total. The van der Waals surface area contributed by atoms with Crippen molar-refractivity contribution in [3.8, 4) is 5.88 Å². The molecule has 1 aliphatic heterocycles. The Kier molecular flexibility index (Phi) is 2.94. The number of carbonyl (C=O) groups excluding carboxylic acids is 1. The van der Waals surface area contributed by atoms with E-state index in [1.807, 2.05) is 13.0 Å². The Hall–Kier alpha value is -2.35. The van der Waals surface area contributed by atoms with Crippen molar-refractivity contribution in [2.45, 2.75) is 12.2 Å². The van der Waals surface area contributed by atoms with Gasteiger partial charge in [0, 0.05) is 5.39 Å². The molecule has 0 fully saturated rings. The van der Waals surface area contributed by atoms with Gasteiger partial charge in [-0.05, 0) is 24.6 Å². The number of benzene rings is 1. The summed E-state index contributed by atoms with van der Waals surface area (Å²) in [6, 6.07) is 5.43. The zero-order valence-electron chi connectivity index (χ0n) is 10.5. The number of carbonyl (C=O) groups is 1. The maximum Gasteiger partial charge on any atom is 0.299 e. The number of hydrazone groups is 1. The van der Waals surface area contributed by atoms with E-state index < -0.39 is 0 Å². The summed E-state index contributed by atoms with van der Waals surface area (Å²) in [6.07, 6.45) is 0. The second-order valence-electron chi connectivity index (χ2n) is 4.35. The van der Waals surface area contributed by atoms with Crippen LogP contribution in [0.5, 0.6) is 5.88 Å². The first kappa shape index (κ1) is 12.7. The van der Waals surface area contributed by atoms with Crippen molar-refractivity contribution in [2.75, 3.05) is 0 Å². The largest absolute Gasteiger partial charge is 0.493 e. The van der Waals surface area contributed by atoms with Crippen molar-refractivity contribution in [1.29, 1.82) is 5.53 Å². The van der Waals surface area contributed by atoms with E-state index in [-0.39, 0.29) is 22.1 Å². The van der Waals surface area contributed by atoms with E-state index in [0.29, 0.717) is 10.9 Å². The van der Waals surface area contributed by atoms with E-state index in [1.54, 1.807) is 12.1 Å². The van der Waals surface area contributed by atoms with Gasteiger partial charge in [-0.2, -0.15) is 10.2 Å². The van der Waals surface area contributed by atoms with Gasteiger partial charge in [-0.1, -0.05) is 17.8 Å². The van der Waals surface area contributed by atoms with E-state index in [2.05, 4.69) is 20.6 Å². The minimum absolute atomic E-state index is 0.0647. The Morgan fingerprint density at radius 2 is 2.30 bits per heavy atom. The van der Waals surface area contributed by atoms with Gasteiger partial charge >= 0.3 is 0 Å². The molecule has 0 bridgehead atoms. The normalized spacial score (nSPS) is 18.8. The van der Waals surface area contributed by atoms with Gasteiger partial charge in [-0.3, -0.25) is 4.79 Å². The number of aromatic amines is 1. The van der Waals surface area contributed by atoms with E-state index in [0.717, 1.165) is 11.3 Å². The number of thioether (sulfide) groups is 1. The molecule has 1 unspecified atom stereocenters. The summed E-state index contributed by atoms with van der Waals surface area (Å²) < 4.78 is 0. The van der Waals surface area contributed by atoms with Gasteiger partial charge in [0.2, 0.25) is 5.88 Å². The SMILES string of the molecule is CC1SC(=O)NN=C1c1ccc2[nH]c(O)c(N=N)c2c1. The fraction of sp³-hybridized carbons (Fsp3) is 0.167. The number of nitrogens with one attached hydrogen (secondary N) is 3. The molecule has 0 aliphatic carbocycles. The quantitative estimate of drug-likeness (QED) is 0.637. The molecule has 4 N–H and O–H groups in total. The van der Waals surface area contributed by atoms with Gasteiger partial charge in [0.05, 0.1) is 16.5 Å². The molecule has 3 rings (SSSR count). The first-order valence-electron chi connectivity index (χ1n) is 5.87. The maximum absolute atomic E-state index is 11.2. The third-order valence-electron chi connectivity index (χ3n) is 3.10. The van der Waals surface area contributed by atoms with Gasteiger partial charge in [0.25, 0.3) is 5.24 Å². The predicted molar refractivity (Wildman–Crippen MR) is 76.9 cm³/mol. The van der Waals surface area contributed by atoms with Crippen LogP contribution in [0.25, 0.3) is 10.9 Å². The number of H-pyrrole nitrogens is 1. The lowest BCUT2D eigenvalue weighted by Gasteiger charge is -2.18. The number of nitrogens with zero attached hydrogens (tertiary/aromatic N) is 2. The fourth-order valence-electron chi connectivity index (χ4n) is 2.17. The highest BCUT2D eigenvalue weighted by molar-refractivity contribution is 8.14. The first-order chi connectivity index (χ1) is 9.60. The smallest absolute Gasteiger partial charge is 0.299 e. The van der Waals surface area contributed by atoms with Crippen molar-refractivity contribution in [2.24, 2.45) is 10.2 Å². The molecular weight excluding hydrogens is 278 g/mol. The Morgan fingerprint density at radius 1 is 1.50 bits per heavy atom. The van der Waals surface area contributed by atoms with Crippen LogP contribution < -0.4 is 5.43 Å². The number of aromatic nitrogens is 1. The first-order valence-corrected chi connectivity index (χ1v) is 6.75. The summed E-state index contributed by atoms with van der Waals surface area (Å²) in [7, 11) is 0. The van der Waals surface area contributed by atoms with Gasteiger partial charge in [-0.25, -0.2) is 11.0 Å². The predicted octanol–water partition coefficient (Wildman–Crippen LogP) is 3.08. The molecule has 1 aromatic heterocycles. The lowest BCUT2D eigenvalue weighted by Crippen LogP contribution is -2.29. The van der Waals surface area contributed by atoms with Crippen molar-refractivity contribution < 1.29 is 9.90 Å². The van der Waals surface area contributed by atoms with E-state index >= 15 is 0 Å². The van der Waals surface area contributed by atoms with E-state index in [4.69, 9.17) is 5.53 Å². The molecule has 20 heavy (non-hydrogen) atoms. The van der Waals surface area contributed by atoms with Gasteiger partial charge in [-0.15, -0.1) is 0 Å². The van der Waals surface area contributed by atoms with Crippen LogP contribution in [0.2, 0.25) is 0 Å². The average molecular weight is 289 g/mol. The Balaban J connectivity index is 2.13. The third-order valence-corrected chi connectivity index (χ3v) is 3.98. The van der Waals surface area contributed by atoms with Crippen LogP contribution in [-0.4, -0.2) is 26.3 Å². The molecule has 1 aromatic carbocycles. The van der Waals surface area contributed by atoms with Crippen LogP contribution >= 0.6 is 11.8 Å². The van der Waals surface area contributed by atoms with Crippen LogP contribution in [0.4, 0.5) is 10.5 Å². The highest BCUT2D eigenvalue weighted by Crippen LogP contribution is 2.36. The number of hydrogen-bond acceptors (Lipinski definition) is 6. The van der Waals surface area contributed by atoms with Gasteiger partial charge < -0.3 is 10.1 Å². The lowest BCUT2D eigenvalue weighted by atomic mass is 10.1. The number of hydrogen-bond donors (Lipinski definition) is 4. The van der Waals surface area contributed by atoms with Crippen LogP contribution in [0.15, 0.2) is 28.4 Å². The fourth-order valence-corrected chi connectivity index (χ4v) is 2.89. The van der Waals surface area contributed by atoms with Crippen LogP contribution in [-0.2, 0) is 0 Å². The van der Waals surface area contributed by atoms with Crippen molar-refractivity contribution in [3.63, 3.8) is 0 Å². The third kappa shape index (κ3) is 1.94. The zero-order chi connectivity index (χ0) is 14.3. The zero-order valence-corrected chi connectivity index (χ0v) is 11.3. The summed E-state index contributed by atoms with van der Waals surface area (Å²) in [4.78, 5) is 14.0. The van der Waals surface area contributed by atoms with Gasteiger partial charge in [0.1, 0.15) is 0 Å². The van der Waals surface area contributed by atoms with Crippen LogP contribution in [0.1, 0.15) is 12.5 Å². The monoisotopic (exact) mass is 289 g/mol. The van der Waals surface area contributed by atoms with Crippen LogP contribution in [0, 0.1) is 5.53 Å². The standard InChI is InChI=1S/C12H11N5O2S/c1-5-9(16-17-12(19)20-5)6-2-3-8-7(4-6)10(15-13)11(18)14-8/h2-5,13-14,18H,1H3,(H,17,19). The van der Waals surface area contributed by atoms with Crippen LogP contribution in [0.3, 0.4) is 0 Å². The molecule has 2 aromatic rings.